The Labute approximate surface area is 227 Å². The molecular weight excluding hydrogens is 561 g/mol. The van der Waals surface area contributed by atoms with Crippen molar-refractivity contribution in [3.63, 3.8) is 0 Å². The largest absolute Gasteiger partial charge is 0.477 e. The lowest BCUT2D eigenvalue weighted by Crippen LogP contribution is -2.71. The summed E-state index contributed by atoms with van der Waals surface area (Å²) in [4.78, 5) is 47.9. The molecule has 0 aromatic carbocycles. The van der Waals surface area contributed by atoms with Gasteiger partial charge in [-0.2, -0.15) is 11.8 Å². The number of carbonyl (C=O) groups excluding carboxylic acids is 2. The van der Waals surface area contributed by atoms with Crippen molar-refractivity contribution in [1.82, 2.24) is 20.2 Å². The van der Waals surface area contributed by atoms with Crippen LogP contribution in [0.2, 0.25) is 0 Å². The van der Waals surface area contributed by atoms with Crippen LogP contribution in [0.25, 0.3) is 0 Å². The fraction of sp³-hybridized carbons (Fsp3) is 0.300. The molecule has 17 heteroatoms. The molecule has 1 saturated heterocycles. The number of fused-ring (bicyclic) bond motifs is 1. The van der Waals surface area contributed by atoms with Crippen molar-refractivity contribution in [1.29, 1.82) is 0 Å². The van der Waals surface area contributed by atoms with Crippen molar-refractivity contribution < 1.29 is 24.7 Å². The number of hydrogen-bond donors (Lipinski definition) is 6. The molecule has 0 bridgehead atoms. The summed E-state index contributed by atoms with van der Waals surface area (Å²) in [5.41, 5.74) is 17.3. The number of thioether (sulfide) groups is 3. The highest BCUT2D eigenvalue weighted by Crippen LogP contribution is 2.47. The van der Waals surface area contributed by atoms with Crippen molar-refractivity contribution in [2.24, 2.45) is 10.9 Å². The zero-order valence-corrected chi connectivity index (χ0v) is 22.3. The van der Waals surface area contributed by atoms with E-state index in [2.05, 4.69) is 20.4 Å². The van der Waals surface area contributed by atoms with Crippen LogP contribution in [0.5, 0.6) is 0 Å². The molecule has 2 aromatic heterocycles. The Morgan fingerprint density at radius 1 is 1.30 bits per heavy atom. The minimum atomic E-state index is -1.26. The number of hydrogen-bond acceptors (Lipinski definition) is 14. The Bertz CT molecular complexity index is 1300. The maximum absolute atomic E-state index is 13.0. The number of aliphatic carboxylic acids is 1. The molecule has 2 aromatic rings. The first-order valence-corrected chi connectivity index (χ1v) is 14.5. The molecule has 4 rings (SSSR count). The normalized spacial score (nSPS) is 19.4. The Morgan fingerprint density at radius 3 is 2.76 bits per heavy atom. The predicted molar refractivity (Wildman–Crippen MR) is 144 cm³/mol. The van der Waals surface area contributed by atoms with E-state index in [0.717, 1.165) is 20.6 Å². The van der Waals surface area contributed by atoms with Gasteiger partial charge in [-0.25, -0.2) is 14.8 Å². The van der Waals surface area contributed by atoms with E-state index in [9.17, 15) is 24.7 Å². The monoisotopic (exact) mass is 582 g/mol. The van der Waals surface area contributed by atoms with Crippen LogP contribution in [0.4, 0.5) is 10.9 Å². The molecule has 2 aliphatic rings. The topological polar surface area (TPSA) is 223 Å². The van der Waals surface area contributed by atoms with Crippen LogP contribution in [-0.2, 0) is 20.1 Å². The lowest BCUT2D eigenvalue weighted by Gasteiger charge is -2.49. The second kappa shape index (κ2) is 11.6. The second-order valence-electron chi connectivity index (χ2n) is 7.56. The Kier molecular flexibility index (Phi) is 8.48. The number of carboxylic acids is 1. The zero-order valence-electron chi connectivity index (χ0n) is 19.0. The molecule has 0 unspecified atom stereocenters. The number of thiazole rings is 1. The summed E-state index contributed by atoms with van der Waals surface area (Å²) in [5.74, 6) is -0.978. The Hall–Kier alpha value is -2.99. The zero-order chi connectivity index (χ0) is 26.7. The van der Waals surface area contributed by atoms with Gasteiger partial charge in [0.15, 0.2) is 10.8 Å². The van der Waals surface area contributed by atoms with E-state index >= 15 is 0 Å². The summed E-state index contributed by atoms with van der Waals surface area (Å²) in [6.07, 6.45) is 0. The van der Waals surface area contributed by atoms with Crippen molar-refractivity contribution in [3.05, 3.63) is 40.2 Å². The molecule has 2 atom stereocenters. The molecule has 0 radical (unpaired) electrons. The van der Waals surface area contributed by atoms with Gasteiger partial charge in [0.1, 0.15) is 28.6 Å². The van der Waals surface area contributed by atoms with Gasteiger partial charge >= 0.3 is 5.97 Å². The Morgan fingerprint density at radius 2 is 2.08 bits per heavy atom. The number of amides is 2. The van der Waals surface area contributed by atoms with Gasteiger partial charge in [0.25, 0.3) is 11.8 Å². The molecule has 37 heavy (non-hydrogen) atoms. The lowest BCUT2D eigenvalue weighted by molar-refractivity contribution is -0.150. The number of nitrogen functional groups attached to an aromatic ring is 2. The fourth-order valence-corrected chi connectivity index (χ4v) is 8.14. The summed E-state index contributed by atoms with van der Waals surface area (Å²) in [5, 5.41) is 24.6. The van der Waals surface area contributed by atoms with Crippen LogP contribution in [0.15, 0.2) is 38.2 Å². The highest BCUT2D eigenvalue weighted by molar-refractivity contribution is 8.07. The van der Waals surface area contributed by atoms with Crippen LogP contribution in [0.3, 0.4) is 0 Å². The number of oxime groups is 1. The van der Waals surface area contributed by atoms with E-state index in [4.69, 9.17) is 17.2 Å². The summed E-state index contributed by atoms with van der Waals surface area (Å²) >= 11 is 5.38. The first-order chi connectivity index (χ1) is 17.7. The third-order valence-electron chi connectivity index (χ3n) is 5.15. The maximum Gasteiger partial charge on any atom is 0.353 e. The van der Waals surface area contributed by atoms with Crippen LogP contribution in [-0.4, -0.2) is 78.1 Å². The molecule has 0 saturated carbocycles. The molecule has 2 amide bonds. The number of nitrogens with two attached hydrogens (primary N) is 3. The van der Waals surface area contributed by atoms with Crippen LogP contribution in [0.1, 0.15) is 11.4 Å². The first kappa shape index (κ1) is 27.1. The van der Waals surface area contributed by atoms with Gasteiger partial charge < -0.3 is 32.8 Å². The van der Waals surface area contributed by atoms with Crippen LogP contribution in [0, 0.1) is 0 Å². The van der Waals surface area contributed by atoms with E-state index in [-0.39, 0.29) is 23.0 Å². The number of pyridine rings is 1. The average molecular weight is 583 g/mol. The smallest absolute Gasteiger partial charge is 0.353 e. The minimum absolute atomic E-state index is 0.0222. The number of carbonyl (C=O) groups is 3. The van der Waals surface area contributed by atoms with Crippen LogP contribution < -0.4 is 22.5 Å². The van der Waals surface area contributed by atoms with Gasteiger partial charge in [-0.1, -0.05) is 34.3 Å². The highest BCUT2D eigenvalue weighted by Gasteiger charge is 2.54. The molecule has 0 spiro atoms. The second-order valence-corrected chi connectivity index (χ2v) is 12.2. The fourth-order valence-electron chi connectivity index (χ4n) is 3.57. The number of rotatable bonds is 10. The molecule has 196 valence electrons. The van der Waals surface area contributed by atoms with Crippen LogP contribution >= 0.6 is 46.6 Å². The Balaban J connectivity index is 1.52. The quantitative estimate of drug-likeness (QED) is 0.0741. The van der Waals surface area contributed by atoms with E-state index in [1.165, 1.54) is 53.1 Å². The molecule has 9 N–H and O–H groups in total. The molecule has 4 heterocycles. The van der Waals surface area contributed by atoms with E-state index in [0.29, 0.717) is 22.3 Å². The molecule has 13 nitrogen and oxygen atoms in total. The molecule has 2 aliphatic heterocycles. The number of nitrogens with one attached hydrogen (secondary N) is 1. The number of anilines is 2. The number of β-lactam (4-membered cyclic amide) rings is 1. The average Bonchev–Trinajstić information content (AvgIpc) is 3.21. The highest BCUT2D eigenvalue weighted by atomic mass is 32.2. The van der Waals surface area contributed by atoms with Gasteiger partial charge in [-0.3, -0.25) is 14.5 Å². The van der Waals surface area contributed by atoms with Gasteiger partial charge in [0, 0.05) is 28.7 Å². The summed E-state index contributed by atoms with van der Waals surface area (Å²) in [6, 6.07) is 3.45. The summed E-state index contributed by atoms with van der Waals surface area (Å²) in [6.45, 7) is 0.523. The maximum atomic E-state index is 13.0. The summed E-state index contributed by atoms with van der Waals surface area (Å²) < 4.78 is 0.756. The van der Waals surface area contributed by atoms with Crippen molar-refractivity contribution in [2.45, 2.75) is 21.4 Å². The van der Waals surface area contributed by atoms with Gasteiger partial charge in [-0.05, 0) is 12.1 Å². The standard InChI is InChI=1S/C20H22N8O5S4/c21-4-5-34-6-9-19(37-20(23)25-9)36-10-7-35-17-13(16(30)28(17)14(10)18(31)32)26-15(29)12(27-33)8-2-1-3-11(22)24-8/h1-3,13,17,33H,4-7,21H2,(H2,22,24)(H2,23,25)(H,26,29)(H,31,32)/b27-12+/t13-,17-/m1/s1. The lowest BCUT2D eigenvalue weighted by atomic mass is 10.0. The number of carboxylic acid groups (broad SMARTS) is 1. The molecule has 1 fully saturated rings. The van der Waals surface area contributed by atoms with Gasteiger partial charge in [-0.15, -0.1) is 11.8 Å². The predicted octanol–water partition coefficient (Wildman–Crippen LogP) is 0.561. The summed E-state index contributed by atoms with van der Waals surface area (Å²) in [7, 11) is 0. The van der Waals surface area contributed by atoms with E-state index in [1.807, 2.05) is 0 Å². The van der Waals surface area contributed by atoms with Gasteiger partial charge in [0.2, 0.25) is 0 Å². The third kappa shape index (κ3) is 5.64. The SMILES string of the molecule is NCCSCc1nc(N)sc1SC1=C(C(=O)O)N2C(=O)[C@@H](NC(=O)/C(=N/O)c3cccc(N)n3)[C@H]2SC1. The third-order valence-corrected chi connectivity index (χ3v) is 9.84. The molecular formula is C20H22N8O5S4. The first-order valence-electron chi connectivity index (χ1n) is 10.6. The molecule has 0 aliphatic carbocycles. The number of aromatic nitrogens is 2. The van der Waals surface area contributed by atoms with Gasteiger partial charge in [0.05, 0.1) is 9.90 Å². The van der Waals surface area contributed by atoms with Crippen molar-refractivity contribution >= 4 is 81.1 Å². The van der Waals surface area contributed by atoms with Crippen molar-refractivity contribution in [3.8, 4) is 0 Å². The van der Waals surface area contributed by atoms with E-state index < -0.39 is 34.9 Å². The van der Waals surface area contributed by atoms with E-state index in [1.54, 1.807) is 11.8 Å². The minimum Gasteiger partial charge on any atom is -0.477 e. The van der Waals surface area contributed by atoms with Crippen molar-refractivity contribution in [2.75, 3.05) is 29.5 Å². The number of nitrogens with zero attached hydrogens (tertiary/aromatic N) is 4.